The van der Waals surface area contributed by atoms with Crippen molar-refractivity contribution in [2.75, 3.05) is 39.6 Å². The average molecular weight is 753 g/mol. The minimum Gasteiger partial charge on any atom is -0.465 e. The second-order valence-electron chi connectivity index (χ2n) is 14.4. The van der Waals surface area contributed by atoms with Gasteiger partial charge in [-0.3, -0.25) is 14.4 Å². The first-order valence-corrected chi connectivity index (χ1v) is 16.3. The average Bonchev–Trinajstić information content (AvgIpc) is 3.07. The number of rotatable bonds is 20. The molecule has 0 heterocycles. The van der Waals surface area contributed by atoms with Crippen LogP contribution in [0.5, 0.6) is 5.75 Å². The molecule has 2 unspecified atom stereocenters. The predicted octanol–water partition coefficient (Wildman–Crippen LogP) is 6.01. The summed E-state index contributed by atoms with van der Waals surface area (Å²) in [6.45, 7) is 13.8. The first kappa shape index (κ1) is 46.2. The number of esters is 4. The van der Waals surface area contributed by atoms with E-state index in [4.69, 9.17) is 39.6 Å². The van der Waals surface area contributed by atoms with Crippen molar-refractivity contribution in [2.45, 2.75) is 99.9 Å². The molecule has 1 aromatic rings. The minimum atomic E-state index is -2.48. The van der Waals surface area contributed by atoms with Crippen molar-refractivity contribution in [2.24, 2.45) is 16.2 Å². The quantitative estimate of drug-likeness (QED) is 0.0227. The van der Waals surface area contributed by atoms with Crippen LogP contribution in [-0.2, 0) is 47.6 Å². The van der Waals surface area contributed by atoms with E-state index in [1.165, 1.54) is 48.5 Å². The van der Waals surface area contributed by atoms with Crippen molar-refractivity contribution in [1.82, 2.24) is 0 Å². The van der Waals surface area contributed by atoms with Gasteiger partial charge in [-0.25, -0.2) is 18.0 Å². The lowest BCUT2D eigenvalue weighted by Gasteiger charge is -2.41. The van der Waals surface area contributed by atoms with Crippen LogP contribution in [0.3, 0.4) is 0 Å². The summed E-state index contributed by atoms with van der Waals surface area (Å²) in [5, 5.41) is 0. The molecule has 1 rings (SSSR count). The van der Waals surface area contributed by atoms with Crippen LogP contribution in [0.4, 0.5) is 22.0 Å². The maximum absolute atomic E-state index is 14.5. The SMILES string of the molecule is C#CCCOC(C)(C)C(=O)OCC(C)(COC(C)(C)C(C)(C)C(=O)OCC(C)(COC(C)C)C(=O)OCC)C(=O)Oc1c(F)c(F)c(F)c(F)c1F. The van der Waals surface area contributed by atoms with Crippen LogP contribution in [0.25, 0.3) is 0 Å². The monoisotopic (exact) mass is 752 g/mol. The number of terminal acetylenes is 1. The highest BCUT2D eigenvalue weighted by atomic mass is 19.2. The van der Waals surface area contributed by atoms with Crippen molar-refractivity contribution < 1.29 is 74.3 Å². The Hall–Kier alpha value is -3.81. The van der Waals surface area contributed by atoms with Crippen LogP contribution in [-0.4, -0.2) is 80.8 Å². The van der Waals surface area contributed by atoms with Gasteiger partial charge in [0.25, 0.3) is 0 Å². The zero-order valence-electron chi connectivity index (χ0n) is 31.5. The van der Waals surface area contributed by atoms with Gasteiger partial charge in [-0.2, -0.15) is 8.78 Å². The highest BCUT2D eigenvalue weighted by molar-refractivity contribution is 5.82. The van der Waals surface area contributed by atoms with Crippen molar-refractivity contribution >= 4 is 23.9 Å². The molecule has 0 saturated heterocycles. The Labute approximate surface area is 301 Å². The van der Waals surface area contributed by atoms with Gasteiger partial charge >= 0.3 is 23.9 Å². The van der Waals surface area contributed by atoms with Crippen molar-refractivity contribution in [3.63, 3.8) is 0 Å². The summed E-state index contributed by atoms with van der Waals surface area (Å²) < 4.78 is 108. The Morgan fingerprint density at radius 1 is 0.654 bits per heavy atom. The normalized spacial score (nSPS) is 14.5. The molecule has 0 saturated carbocycles. The molecule has 0 aliphatic rings. The van der Waals surface area contributed by atoms with Crippen LogP contribution < -0.4 is 4.74 Å². The third kappa shape index (κ3) is 11.3. The molecular formula is C36H49F5O11. The van der Waals surface area contributed by atoms with Gasteiger partial charge in [0.15, 0.2) is 5.60 Å². The summed E-state index contributed by atoms with van der Waals surface area (Å²) in [5.41, 5.74) is -8.32. The number of benzene rings is 1. The number of carbonyl (C=O) groups is 4. The predicted molar refractivity (Wildman–Crippen MR) is 175 cm³/mol. The molecule has 0 radical (unpaired) electrons. The van der Waals surface area contributed by atoms with E-state index in [0.29, 0.717) is 0 Å². The van der Waals surface area contributed by atoms with Crippen molar-refractivity contribution in [3.05, 3.63) is 29.1 Å². The van der Waals surface area contributed by atoms with E-state index in [-0.39, 0.29) is 32.3 Å². The van der Waals surface area contributed by atoms with E-state index in [2.05, 4.69) is 5.92 Å². The summed E-state index contributed by atoms with van der Waals surface area (Å²) >= 11 is 0. The van der Waals surface area contributed by atoms with E-state index in [9.17, 15) is 41.1 Å². The Balaban J connectivity index is 3.42. The summed E-state index contributed by atoms with van der Waals surface area (Å²) in [5.74, 6) is -15.8. The van der Waals surface area contributed by atoms with Crippen molar-refractivity contribution in [1.29, 1.82) is 0 Å². The Morgan fingerprint density at radius 3 is 1.62 bits per heavy atom. The van der Waals surface area contributed by atoms with Crippen molar-refractivity contribution in [3.8, 4) is 18.1 Å². The van der Waals surface area contributed by atoms with Gasteiger partial charge < -0.3 is 33.2 Å². The molecular weight excluding hydrogens is 703 g/mol. The summed E-state index contributed by atoms with van der Waals surface area (Å²) in [6.07, 6.45) is 5.10. The highest BCUT2D eigenvalue weighted by Crippen LogP contribution is 2.38. The lowest BCUT2D eigenvalue weighted by Crippen LogP contribution is -2.52. The lowest BCUT2D eigenvalue weighted by molar-refractivity contribution is -0.192. The van der Waals surface area contributed by atoms with E-state index in [1.54, 1.807) is 20.8 Å². The molecule has 0 aliphatic carbocycles. The van der Waals surface area contributed by atoms with E-state index in [1.807, 2.05) is 0 Å². The molecule has 0 aliphatic heterocycles. The van der Waals surface area contributed by atoms with Crippen LogP contribution in [0.2, 0.25) is 0 Å². The highest BCUT2D eigenvalue weighted by Gasteiger charge is 2.50. The molecule has 0 bridgehead atoms. The summed E-state index contributed by atoms with van der Waals surface area (Å²) in [7, 11) is 0. The fraction of sp³-hybridized carbons (Fsp3) is 0.667. The number of halogens is 5. The van der Waals surface area contributed by atoms with E-state index < -0.39 is 106 Å². The minimum absolute atomic E-state index is 0.0374. The standard InChI is InChI=1S/C36H49F5O11/c1-13-15-16-50-33(7,8)29(43)49-19-36(12,31(45)52-27-25(40)23(38)22(37)24(39)26(27)41)20-51-34(9,10)32(5,6)28(42)48-18-35(11,17-47-21(3)4)30(44)46-14-2/h1,21H,14-20H2,2-12H3. The second kappa shape index (κ2) is 18.3. The van der Waals surface area contributed by atoms with Crippen LogP contribution in [0.15, 0.2) is 0 Å². The molecule has 16 heteroatoms. The fourth-order valence-electron chi connectivity index (χ4n) is 3.86. The van der Waals surface area contributed by atoms with Gasteiger partial charge in [0.05, 0.1) is 43.5 Å². The number of carbonyl (C=O) groups excluding carboxylic acids is 4. The molecule has 294 valence electrons. The Bertz CT molecular complexity index is 1470. The largest absolute Gasteiger partial charge is 0.465 e. The first-order chi connectivity index (χ1) is 23.7. The molecule has 0 amide bonds. The topological polar surface area (TPSA) is 133 Å². The number of ether oxygens (including phenoxy) is 7. The molecule has 1 aromatic carbocycles. The summed E-state index contributed by atoms with van der Waals surface area (Å²) in [4.78, 5) is 52.7. The maximum Gasteiger partial charge on any atom is 0.337 e. The molecule has 11 nitrogen and oxygen atoms in total. The fourth-order valence-corrected chi connectivity index (χ4v) is 3.86. The summed E-state index contributed by atoms with van der Waals surface area (Å²) in [6, 6.07) is 0. The number of hydrogen-bond donors (Lipinski definition) is 0. The van der Waals surface area contributed by atoms with Gasteiger partial charge in [-0.15, -0.1) is 12.3 Å². The van der Waals surface area contributed by atoms with Gasteiger partial charge in [-0.05, 0) is 76.2 Å². The Morgan fingerprint density at radius 2 is 1.13 bits per heavy atom. The number of hydrogen-bond acceptors (Lipinski definition) is 11. The zero-order chi connectivity index (χ0) is 40.5. The lowest BCUT2D eigenvalue weighted by atomic mass is 9.76. The van der Waals surface area contributed by atoms with E-state index >= 15 is 0 Å². The third-order valence-corrected chi connectivity index (χ3v) is 8.37. The molecule has 0 N–H and O–H groups in total. The Kier molecular flexibility index (Phi) is 16.3. The van der Waals surface area contributed by atoms with E-state index in [0.717, 1.165) is 6.92 Å². The van der Waals surface area contributed by atoms with Crippen LogP contribution in [0, 0.1) is 57.7 Å². The molecule has 2 atom stereocenters. The molecule has 52 heavy (non-hydrogen) atoms. The smallest absolute Gasteiger partial charge is 0.337 e. The van der Waals surface area contributed by atoms with Gasteiger partial charge in [0.2, 0.25) is 34.8 Å². The van der Waals surface area contributed by atoms with Crippen LogP contribution in [0.1, 0.15) is 82.6 Å². The molecule has 0 aromatic heterocycles. The van der Waals surface area contributed by atoms with Gasteiger partial charge in [-0.1, -0.05) is 0 Å². The van der Waals surface area contributed by atoms with Crippen LogP contribution >= 0.6 is 0 Å². The van der Waals surface area contributed by atoms with Gasteiger partial charge in [0.1, 0.15) is 24.0 Å². The van der Waals surface area contributed by atoms with Gasteiger partial charge in [0, 0.05) is 6.42 Å². The zero-order valence-corrected chi connectivity index (χ0v) is 31.5. The molecule has 0 fully saturated rings. The second-order valence-corrected chi connectivity index (χ2v) is 14.4. The maximum atomic E-state index is 14.5. The first-order valence-electron chi connectivity index (χ1n) is 16.3. The third-order valence-electron chi connectivity index (χ3n) is 8.37. The molecule has 0 spiro atoms.